The Bertz CT molecular complexity index is 470. The molecule has 0 aliphatic carbocycles. The number of carbonyl (C=O) groups is 1. The quantitative estimate of drug-likeness (QED) is 0.501. The van der Waals surface area contributed by atoms with E-state index in [0.29, 0.717) is 30.0 Å². The first-order valence-corrected chi connectivity index (χ1v) is 6.26. The van der Waals surface area contributed by atoms with Gasteiger partial charge in [0.05, 0.1) is 4.92 Å². The SMILES string of the molecule is O=Cc1ccc(NCC2CCOCC2)c([N+](=O)[O-])c1. The summed E-state index contributed by atoms with van der Waals surface area (Å²) >= 11 is 0. The molecule has 0 saturated carbocycles. The molecule has 0 spiro atoms. The molecule has 1 aromatic rings. The van der Waals surface area contributed by atoms with Crippen molar-refractivity contribution < 1.29 is 14.5 Å². The molecule has 0 bridgehead atoms. The molecule has 1 saturated heterocycles. The van der Waals surface area contributed by atoms with Gasteiger partial charge in [0.25, 0.3) is 5.69 Å². The van der Waals surface area contributed by atoms with Crippen molar-refractivity contribution in [2.75, 3.05) is 25.1 Å². The number of nitrogens with one attached hydrogen (secondary N) is 1. The van der Waals surface area contributed by atoms with Crippen molar-refractivity contribution in [3.05, 3.63) is 33.9 Å². The smallest absolute Gasteiger partial charge is 0.293 e. The summed E-state index contributed by atoms with van der Waals surface area (Å²) in [5.41, 5.74) is 0.710. The summed E-state index contributed by atoms with van der Waals surface area (Å²) in [5, 5.41) is 14.1. The van der Waals surface area contributed by atoms with E-state index in [4.69, 9.17) is 4.74 Å². The number of aldehydes is 1. The first-order valence-electron chi connectivity index (χ1n) is 6.26. The minimum Gasteiger partial charge on any atom is -0.381 e. The van der Waals surface area contributed by atoms with Gasteiger partial charge in [-0.25, -0.2) is 0 Å². The molecule has 1 aliphatic heterocycles. The fourth-order valence-corrected chi connectivity index (χ4v) is 2.13. The molecule has 0 radical (unpaired) electrons. The van der Waals surface area contributed by atoms with Crippen LogP contribution in [0.15, 0.2) is 18.2 Å². The molecule has 6 nitrogen and oxygen atoms in total. The van der Waals surface area contributed by atoms with Gasteiger partial charge in [-0.1, -0.05) is 0 Å². The number of nitrogens with zero attached hydrogens (tertiary/aromatic N) is 1. The topological polar surface area (TPSA) is 81.5 Å². The van der Waals surface area contributed by atoms with Crippen LogP contribution in [-0.4, -0.2) is 31.0 Å². The van der Waals surface area contributed by atoms with Gasteiger partial charge in [0.2, 0.25) is 0 Å². The minimum absolute atomic E-state index is 0.0586. The van der Waals surface area contributed by atoms with Gasteiger partial charge in [-0.15, -0.1) is 0 Å². The Labute approximate surface area is 110 Å². The van der Waals surface area contributed by atoms with Crippen molar-refractivity contribution in [3.8, 4) is 0 Å². The number of benzene rings is 1. The highest BCUT2D eigenvalue weighted by molar-refractivity contribution is 5.79. The highest BCUT2D eigenvalue weighted by Gasteiger charge is 2.17. The Morgan fingerprint density at radius 1 is 1.42 bits per heavy atom. The first-order chi connectivity index (χ1) is 9.20. The van der Waals surface area contributed by atoms with Gasteiger partial charge in [-0.3, -0.25) is 14.9 Å². The Balaban J connectivity index is 2.06. The monoisotopic (exact) mass is 264 g/mol. The van der Waals surface area contributed by atoms with E-state index in [-0.39, 0.29) is 5.69 Å². The van der Waals surface area contributed by atoms with Gasteiger partial charge < -0.3 is 10.1 Å². The third-order valence-corrected chi connectivity index (χ3v) is 3.28. The number of rotatable bonds is 5. The molecule has 0 unspecified atom stereocenters. The molecule has 1 fully saturated rings. The second-order valence-electron chi connectivity index (χ2n) is 4.59. The summed E-state index contributed by atoms with van der Waals surface area (Å²) in [6.45, 7) is 2.18. The zero-order valence-corrected chi connectivity index (χ0v) is 10.5. The summed E-state index contributed by atoms with van der Waals surface area (Å²) in [6.07, 6.45) is 2.54. The van der Waals surface area contributed by atoms with Crippen LogP contribution in [0.5, 0.6) is 0 Å². The van der Waals surface area contributed by atoms with Crippen LogP contribution < -0.4 is 5.32 Å². The van der Waals surface area contributed by atoms with Gasteiger partial charge in [-0.05, 0) is 30.9 Å². The van der Waals surface area contributed by atoms with Gasteiger partial charge in [0, 0.05) is 31.4 Å². The van der Waals surface area contributed by atoms with Crippen LogP contribution in [0.25, 0.3) is 0 Å². The van der Waals surface area contributed by atoms with Crippen LogP contribution in [0.4, 0.5) is 11.4 Å². The second-order valence-corrected chi connectivity index (χ2v) is 4.59. The van der Waals surface area contributed by atoms with Crippen molar-refractivity contribution in [2.45, 2.75) is 12.8 Å². The van der Waals surface area contributed by atoms with E-state index in [1.54, 1.807) is 12.1 Å². The third kappa shape index (κ3) is 3.51. The lowest BCUT2D eigenvalue weighted by molar-refractivity contribution is -0.384. The van der Waals surface area contributed by atoms with Crippen molar-refractivity contribution in [1.29, 1.82) is 0 Å². The normalized spacial score (nSPS) is 16.0. The van der Waals surface area contributed by atoms with Crippen molar-refractivity contribution in [3.63, 3.8) is 0 Å². The van der Waals surface area contributed by atoms with Gasteiger partial charge >= 0.3 is 0 Å². The first kappa shape index (κ1) is 13.5. The van der Waals surface area contributed by atoms with Crippen LogP contribution >= 0.6 is 0 Å². The Morgan fingerprint density at radius 3 is 2.79 bits per heavy atom. The number of nitro benzene ring substituents is 1. The molecule has 1 heterocycles. The average molecular weight is 264 g/mol. The standard InChI is InChI=1S/C13H16N2O4/c16-9-11-1-2-12(13(7-11)15(17)18)14-8-10-3-5-19-6-4-10/h1-2,7,9-10,14H,3-6,8H2. The highest BCUT2D eigenvalue weighted by atomic mass is 16.6. The molecule has 102 valence electrons. The van der Waals surface area contributed by atoms with E-state index in [1.807, 2.05) is 0 Å². The van der Waals surface area contributed by atoms with E-state index in [1.165, 1.54) is 6.07 Å². The van der Waals surface area contributed by atoms with Gasteiger partial charge in [0.15, 0.2) is 0 Å². The molecule has 1 aliphatic rings. The van der Waals surface area contributed by atoms with Crippen LogP contribution in [0.1, 0.15) is 23.2 Å². The van der Waals surface area contributed by atoms with E-state index in [0.717, 1.165) is 26.1 Å². The number of hydrogen-bond acceptors (Lipinski definition) is 5. The average Bonchev–Trinajstić information content (AvgIpc) is 2.46. The Kier molecular flexibility index (Phi) is 4.46. The van der Waals surface area contributed by atoms with Crippen LogP contribution in [0, 0.1) is 16.0 Å². The summed E-state index contributed by atoms with van der Waals surface area (Å²) in [6, 6.07) is 4.45. The van der Waals surface area contributed by atoms with Crippen LogP contribution in [0.3, 0.4) is 0 Å². The molecule has 6 heteroatoms. The number of ether oxygens (including phenoxy) is 1. The van der Waals surface area contributed by atoms with E-state index < -0.39 is 4.92 Å². The lowest BCUT2D eigenvalue weighted by Gasteiger charge is -2.22. The minimum atomic E-state index is -0.473. The van der Waals surface area contributed by atoms with Crippen molar-refractivity contribution >= 4 is 17.7 Å². The zero-order chi connectivity index (χ0) is 13.7. The van der Waals surface area contributed by atoms with E-state index >= 15 is 0 Å². The fourth-order valence-electron chi connectivity index (χ4n) is 2.13. The van der Waals surface area contributed by atoms with E-state index in [9.17, 15) is 14.9 Å². The van der Waals surface area contributed by atoms with Gasteiger partial charge in [-0.2, -0.15) is 0 Å². The van der Waals surface area contributed by atoms with Crippen LogP contribution in [0.2, 0.25) is 0 Å². The Hall–Kier alpha value is -1.95. The molecule has 0 amide bonds. The highest BCUT2D eigenvalue weighted by Crippen LogP contribution is 2.26. The summed E-state index contributed by atoms with van der Waals surface area (Å²) < 4.78 is 5.27. The molecule has 0 atom stereocenters. The maximum absolute atomic E-state index is 11.0. The Morgan fingerprint density at radius 2 is 2.16 bits per heavy atom. The molecule has 1 N–H and O–H groups in total. The third-order valence-electron chi connectivity index (χ3n) is 3.28. The zero-order valence-electron chi connectivity index (χ0n) is 10.5. The predicted octanol–water partition coefficient (Wildman–Crippen LogP) is 2.25. The lowest BCUT2D eigenvalue weighted by Crippen LogP contribution is -2.22. The number of anilines is 1. The molecular formula is C13H16N2O4. The number of nitro groups is 1. The summed E-state index contributed by atoms with van der Waals surface area (Å²) in [5.74, 6) is 0.471. The summed E-state index contributed by atoms with van der Waals surface area (Å²) in [7, 11) is 0. The largest absolute Gasteiger partial charge is 0.381 e. The van der Waals surface area contributed by atoms with E-state index in [2.05, 4.69) is 5.32 Å². The summed E-state index contributed by atoms with van der Waals surface area (Å²) in [4.78, 5) is 21.1. The molecule has 2 rings (SSSR count). The molecule has 0 aromatic heterocycles. The van der Waals surface area contributed by atoms with Crippen LogP contribution in [-0.2, 0) is 4.74 Å². The van der Waals surface area contributed by atoms with Gasteiger partial charge in [0.1, 0.15) is 12.0 Å². The number of carbonyl (C=O) groups excluding carboxylic acids is 1. The predicted molar refractivity (Wildman–Crippen MR) is 70.5 cm³/mol. The molecule has 19 heavy (non-hydrogen) atoms. The molecular weight excluding hydrogens is 248 g/mol. The van der Waals surface area contributed by atoms with Crippen molar-refractivity contribution in [1.82, 2.24) is 0 Å². The van der Waals surface area contributed by atoms with Crippen molar-refractivity contribution in [2.24, 2.45) is 5.92 Å². The maximum Gasteiger partial charge on any atom is 0.293 e. The lowest BCUT2D eigenvalue weighted by atomic mass is 10.0. The molecule has 1 aromatic carbocycles. The number of hydrogen-bond donors (Lipinski definition) is 1. The fraction of sp³-hybridized carbons (Fsp3) is 0.462. The maximum atomic E-state index is 11.0. The second kappa shape index (κ2) is 6.29.